The van der Waals surface area contributed by atoms with Crippen LogP contribution < -0.4 is 15.0 Å². The molecule has 2 aliphatic heterocycles. The Kier molecular flexibility index (Phi) is 4.41. The van der Waals surface area contributed by atoms with Crippen LogP contribution in [-0.4, -0.2) is 44.9 Å². The van der Waals surface area contributed by atoms with Gasteiger partial charge >= 0.3 is 0 Å². The van der Waals surface area contributed by atoms with Crippen molar-refractivity contribution >= 4 is 11.6 Å². The zero-order valence-electron chi connectivity index (χ0n) is 12.4. The topological polar surface area (TPSA) is 50.8 Å². The van der Waals surface area contributed by atoms with Crippen molar-refractivity contribution in [2.45, 2.75) is 25.9 Å². The number of benzene rings is 1. The van der Waals surface area contributed by atoms with Gasteiger partial charge in [0, 0.05) is 26.6 Å². The van der Waals surface area contributed by atoms with Crippen LogP contribution in [-0.2, 0) is 16.0 Å². The number of amides is 1. The maximum absolute atomic E-state index is 11.9. The number of hydrogen-bond acceptors (Lipinski definition) is 4. The van der Waals surface area contributed by atoms with E-state index in [1.54, 1.807) is 6.92 Å². The Morgan fingerprint density at radius 3 is 3.19 bits per heavy atom. The van der Waals surface area contributed by atoms with E-state index in [1.165, 1.54) is 5.56 Å². The number of anilines is 1. The van der Waals surface area contributed by atoms with Crippen LogP contribution in [0.5, 0.6) is 5.75 Å². The van der Waals surface area contributed by atoms with E-state index in [0.717, 1.165) is 50.5 Å². The van der Waals surface area contributed by atoms with Gasteiger partial charge in [-0.1, -0.05) is 12.1 Å². The zero-order valence-corrected chi connectivity index (χ0v) is 12.4. The quantitative estimate of drug-likeness (QED) is 0.913. The van der Waals surface area contributed by atoms with Gasteiger partial charge in [-0.25, -0.2) is 0 Å². The van der Waals surface area contributed by atoms with Gasteiger partial charge in [-0.3, -0.25) is 4.79 Å². The molecule has 1 aromatic carbocycles. The predicted octanol–water partition coefficient (Wildman–Crippen LogP) is 1.35. The number of para-hydroxylation sites is 1. The first kappa shape index (κ1) is 14.4. The van der Waals surface area contributed by atoms with Gasteiger partial charge < -0.3 is 19.7 Å². The Morgan fingerprint density at radius 2 is 2.43 bits per heavy atom. The molecule has 1 fully saturated rings. The standard InChI is InChI=1S/C16H22N2O3/c1-12(19)18-8-3-5-13-4-2-6-15(16(13)18)21-11-14-10-17-7-9-20-14/h2,4,6,14,17H,3,5,7-11H2,1H3. The van der Waals surface area contributed by atoms with E-state index in [0.29, 0.717) is 6.61 Å². The number of rotatable bonds is 3. The molecule has 21 heavy (non-hydrogen) atoms. The maximum Gasteiger partial charge on any atom is 0.223 e. The summed E-state index contributed by atoms with van der Waals surface area (Å²) in [4.78, 5) is 13.7. The van der Waals surface area contributed by atoms with Crippen molar-refractivity contribution < 1.29 is 14.3 Å². The Bertz CT molecular complexity index is 512. The second-order valence-electron chi connectivity index (χ2n) is 5.55. The third-order valence-corrected chi connectivity index (χ3v) is 3.99. The molecule has 1 unspecified atom stereocenters. The van der Waals surface area contributed by atoms with E-state index >= 15 is 0 Å². The molecule has 1 N–H and O–H groups in total. The fourth-order valence-corrected chi connectivity index (χ4v) is 2.96. The van der Waals surface area contributed by atoms with E-state index in [4.69, 9.17) is 9.47 Å². The van der Waals surface area contributed by atoms with Gasteiger partial charge in [0.1, 0.15) is 18.5 Å². The van der Waals surface area contributed by atoms with Crippen molar-refractivity contribution in [2.24, 2.45) is 0 Å². The smallest absolute Gasteiger partial charge is 0.223 e. The highest BCUT2D eigenvalue weighted by Crippen LogP contribution is 2.36. The molecule has 0 spiro atoms. The molecule has 0 radical (unpaired) electrons. The molecule has 1 amide bonds. The molecule has 0 saturated carbocycles. The van der Waals surface area contributed by atoms with Gasteiger partial charge in [0.2, 0.25) is 5.91 Å². The van der Waals surface area contributed by atoms with Crippen molar-refractivity contribution in [1.82, 2.24) is 5.32 Å². The summed E-state index contributed by atoms with van der Waals surface area (Å²) >= 11 is 0. The number of hydrogen-bond donors (Lipinski definition) is 1. The summed E-state index contributed by atoms with van der Waals surface area (Å²) < 4.78 is 11.6. The first-order valence-electron chi connectivity index (χ1n) is 7.61. The van der Waals surface area contributed by atoms with E-state index in [1.807, 2.05) is 17.0 Å². The van der Waals surface area contributed by atoms with Crippen LogP contribution in [0, 0.1) is 0 Å². The highest BCUT2D eigenvalue weighted by atomic mass is 16.5. The van der Waals surface area contributed by atoms with Gasteiger partial charge in [0.15, 0.2) is 0 Å². The minimum atomic E-state index is 0.0718. The molecule has 114 valence electrons. The van der Waals surface area contributed by atoms with Crippen molar-refractivity contribution in [2.75, 3.05) is 37.7 Å². The van der Waals surface area contributed by atoms with Crippen LogP contribution in [0.25, 0.3) is 0 Å². The van der Waals surface area contributed by atoms with Gasteiger partial charge in [0.05, 0.1) is 12.3 Å². The second-order valence-corrected chi connectivity index (χ2v) is 5.55. The molecule has 5 nitrogen and oxygen atoms in total. The monoisotopic (exact) mass is 290 g/mol. The number of aryl methyl sites for hydroxylation is 1. The van der Waals surface area contributed by atoms with E-state index in [9.17, 15) is 4.79 Å². The van der Waals surface area contributed by atoms with Crippen LogP contribution in [0.4, 0.5) is 5.69 Å². The molecule has 1 aromatic rings. The number of carbonyl (C=O) groups excluding carboxylic acids is 1. The van der Waals surface area contributed by atoms with Crippen LogP contribution >= 0.6 is 0 Å². The lowest BCUT2D eigenvalue weighted by Crippen LogP contribution is -2.41. The van der Waals surface area contributed by atoms with Crippen molar-refractivity contribution in [1.29, 1.82) is 0 Å². The first-order valence-corrected chi connectivity index (χ1v) is 7.61. The molecule has 1 saturated heterocycles. The molecule has 5 heteroatoms. The zero-order chi connectivity index (χ0) is 14.7. The van der Waals surface area contributed by atoms with Crippen LogP contribution in [0.1, 0.15) is 18.9 Å². The number of fused-ring (bicyclic) bond motifs is 1. The normalized spacial score (nSPS) is 21.8. The number of ether oxygens (including phenoxy) is 2. The highest BCUT2D eigenvalue weighted by Gasteiger charge is 2.24. The molecule has 0 aromatic heterocycles. The summed E-state index contributed by atoms with van der Waals surface area (Å²) in [6.45, 7) is 5.32. The number of nitrogens with one attached hydrogen (secondary N) is 1. The number of morpholine rings is 1. The predicted molar refractivity (Wildman–Crippen MR) is 80.9 cm³/mol. The van der Waals surface area contributed by atoms with Gasteiger partial charge in [0.25, 0.3) is 0 Å². The van der Waals surface area contributed by atoms with Crippen LogP contribution in [0.15, 0.2) is 18.2 Å². The number of nitrogens with zero attached hydrogens (tertiary/aromatic N) is 1. The Morgan fingerprint density at radius 1 is 1.52 bits per heavy atom. The number of carbonyl (C=O) groups is 1. The van der Waals surface area contributed by atoms with Crippen LogP contribution in [0.3, 0.4) is 0 Å². The third kappa shape index (κ3) is 3.19. The summed E-state index contributed by atoms with van der Waals surface area (Å²) in [7, 11) is 0. The molecule has 3 rings (SSSR count). The van der Waals surface area contributed by atoms with Crippen molar-refractivity contribution in [3.05, 3.63) is 23.8 Å². The third-order valence-electron chi connectivity index (χ3n) is 3.99. The summed E-state index contributed by atoms with van der Waals surface area (Å²) in [5.74, 6) is 0.860. The Hall–Kier alpha value is -1.59. The lowest BCUT2D eigenvalue weighted by molar-refractivity contribution is -0.116. The van der Waals surface area contributed by atoms with Crippen molar-refractivity contribution in [3.8, 4) is 5.75 Å². The van der Waals surface area contributed by atoms with Gasteiger partial charge in [-0.15, -0.1) is 0 Å². The Labute approximate surface area is 125 Å². The largest absolute Gasteiger partial charge is 0.489 e. The summed E-state index contributed by atoms with van der Waals surface area (Å²) in [5, 5.41) is 3.29. The SMILES string of the molecule is CC(=O)N1CCCc2cccc(OCC3CNCCO3)c21. The van der Waals surface area contributed by atoms with Gasteiger partial charge in [-0.05, 0) is 24.5 Å². The summed E-state index contributed by atoms with van der Waals surface area (Å²) in [6.07, 6.45) is 2.08. The molecule has 2 heterocycles. The lowest BCUT2D eigenvalue weighted by Gasteiger charge is -2.31. The summed E-state index contributed by atoms with van der Waals surface area (Å²) in [5.41, 5.74) is 2.14. The lowest BCUT2D eigenvalue weighted by atomic mass is 10.0. The maximum atomic E-state index is 11.9. The fourth-order valence-electron chi connectivity index (χ4n) is 2.96. The average molecular weight is 290 g/mol. The summed E-state index contributed by atoms with van der Waals surface area (Å²) in [6, 6.07) is 6.02. The van der Waals surface area contributed by atoms with E-state index in [2.05, 4.69) is 11.4 Å². The molecule has 1 atom stereocenters. The average Bonchev–Trinajstić information content (AvgIpc) is 2.53. The molecule has 0 aliphatic carbocycles. The molecule has 2 aliphatic rings. The van der Waals surface area contributed by atoms with E-state index < -0.39 is 0 Å². The Balaban J connectivity index is 1.77. The van der Waals surface area contributed by atoms with Crippen LogP contribution in [0.2, 0.25) is 0 Å². The highest BCUT2D eigenvalue weighted by molar-refractivity contribution is 5.94. The first-order chi connectivity index (χ1) is 10.3. The molecular weight excluding hydrogens is 268 g/mol. The fraction of sp³-hybridized carbons (Fsp3) is 0.562. The van der Waals surface area contributed by atoms with E-state index in [-0.39, 0.29) is 12.0 Å². The van der Waals surface area contributed by atoms with Gasteiger partial charge in [-0.2, -0.15) is 0 Å². The molecule has 0 bridgehead atoms. The van der Waals surface area contributed by atoms with Crippen molar-refractivity contribution in [3.63, 3.8) is 0 Å². The second kappa shape index (κ2) is 6.45. The molecular formula is C16H22N2O3. The minimum Gasteiger partial charge on any atom is -0.489 e. The minimum absolute atomic E-state index is 0.0718.